The molecule has 0 aliphatic carbocycles. The number of rotatable bonds is 17. The third-order valence-corrected chi connectivity index (χ3v) is 21.8. The monoisotopic (exact) mass is 1960 g/mol. The van der Waals surface area contributed by atoms with Crippen molar-refractivity contribution in [3.05, 3.63) is 375 Å². The Morgan fingerprint density at radius 2 is 0.967 bits per heavy atom. The molecule has 630 valence electrons. The van der Waals surface area contributed by atoms with Crippen molar-refractivity contribution in [2.75, 3.05) is 22.1 Å². The van der Waals surface area contributed by atoms with Gasteiger partial charge in [0.2, 0.25) is 11.7 Å². The molecule has 0 spiro atoms. The maximum Gasteiger partial charge on any atom is 0.500 e. The van der Waals surface area contributed by atoms with E-state index in [0.717, 1.165) is 123 Å². The highest BCUT2D eigenvalue weighted by Gasteiger charge is 2.53. The maximum absolute atomic E-state index is 12.6. The van der Waals surface area contributed by atoms with E-state index in [1.807, 2.05) is 260 Å². The number of alkyl halides is 1. The van der Waals surface area contributed by atoms with Crippen molar-refractivity contribution >= 4 is 143 Å². The second-order valence-electron chi connectivity index (χ2n) is 28.3. The first-order valence-corrected chi connectivity index (χ1v) is 42.0. The van der Waals surface area contributed by atoms with Gasteiger partial charge in [-0.25, -0.2) is 4.98 Å². The predicted molar refractivity (Wildman–Crippen MR) is 494 cm³/mol. The summed E-state index contributed by atoms with van der Waals surface area (Å²) >= 11 is 16.1. The molecular formula is C91H93BBr5FN10O13. The van der Waals surface area contributed by atoms with E-state index >= 15 is 0 Å². The molecule has 121 heavy (non-hydrogen) atoms. The van der Waals surface area contributed by atoms with Crippen LogP contribution in [0.15, 0.2) is 281 Å². The molecule has 30 heteroatoms. The topological polar surface area (TPSA) is 310 Å². The number of hydrogen-bond acceptors (Lipinski definition) is 18. The summed E-state index contributed by atoms with van der Waals surface area (Å²) < 4.78 is 39.9. The van der Waals surface area contributed by atoms with Gasteiger partial charge in [0.1, 0.15) is 17.3 Å². The van der Waals surface area contributed by atoms with E-state index in [2.05, 4.69) is 100 Å². The second-order valence-corrected chi connectivity index (χ2v) is 32.5. The van der Waals surface area contributed by atoms with Crippen molar-refractivity contribution in [1.29, 1.82) is 0 Å². The Labute approximate surface area is 744 Å². The van der Waals surface area contributed by atoms with Gasteiger partial charge < -0.3 is 38.9 Å². The second kappa shape index (κ2) is 47.4. The minimum absolute atomic E-state index is 0. The zero-order chi connectivity index (χ0) is 87.2. The lowest BCUT2D eigenvalue weighted by Crippen LogP contribution is -2.41. The largest absolute Gasteiger partial charge is 0.500 e. The number of carbonyl (C=O) groups excluding carboxylic acids is 2. The summed E-state index contributed by atoms with van der Waals surface area (Å²) in [6.45, 7) is 19.3. The summed E-state index contributed by atoms with van der Waals surface area (Å²) in [7, 11) is -0.378. The van der Waals surface area contributed by atoms with E-state index in [4.69, 9.17) is 24.1 Å². The maximum atomic E-state index is 12.6. The van der Waals surface area contributed by atoms with Gasteiger partial charge in [-0.05, 0) is 188 Å². The number of nitrogens with zero attached hydrogens (tertiary/aromatic N) is 8. The van der Waals surface area contributed by atoms with E-state index in [9.17, 15) is 49.1 Å². The zero-order valence-corrected chi connectivity index (χ0v) is 75.3. The minimum atomic E-state index is -0.829. The van der Waals surface area contributed by atoms with Crippen LogP contribution in [0, 0.1) is 63.9 Å². The van der Waals surface area contributed by atoms with E-state index in [1.54, 1.807) is 28.8 Å². The molecule has 1 amide bonds. The number of benzene rings is 10. The number of nitrogens with two attached hydrogens (primary N) is 1. The number of nitro benzene ring substituents is 3. The lowest BCUT2D eigenvalue weighted by molar-refractivity contribution is -0.387. The Kier molecular flexibility index (Phi) is 38.1. The molecule has 0 radical (unpaired) electrons. The summed E-state index contributed by atoms with van der Waals surface area (Å²) in [5.74, 6) is 0.956. The van der Waals surface area contributed by atoms with Gasteiger partial charge in [0, 0.05) is 64.8 Å². The van der Waals surface area contributed by atoms with Crippen LogP contribution in [-0.4, -0.2) is 76.5 Å². The molecule has 0 unspecified atom stereocenters. The molecule has 0 bridgehead atoms. The van der Waals surface area contributed by atoms with Crippen LogP contribution < -0.4 is 27.0 Å². The number of ketones is 1. The number of fused-ring (bicyclic) bond motifs is 2. The number of nitrogens with one attached hydrogen (secondary N) is 1. The number of carbonyl (C=O) groups is 2. The lowest BCUT2D eigenvalue weighted by Gasteiger charge is -2.32. The Morgan fingerprint density at radius 3 is 1.39 bits per heavy atom. The fourth-order valence-electron chi connectivity index (χ4n) is 12.1. The molecule has 1 saturated heterocycles. The number of amides is 1. The Balaban J connectivity index is 0.000000196. The first kappa shape index (κ1) is 97.3. The van der Waals surface area contributed by atoms with E-state index in [1.165, 1.54) is 35.9 Å². The molecule has 15 rings (SSSR count). The van der Waals surface area contributed by atoms with Crippen LogP contribution in [0.2, 0.25) is 0 Å². The molecule has 0 saturated carbocycles. The van der Waals surface area contributed by atoms with Crippen molar-refractivity contribution in [3.8, 4) is 11.1 Å². The molecule has 13 aromatic rings. The molecule has 23 nitrogen and oxygen atoms in total. The average Bonchev–Trinajstić information content (AvgIpc) is 1.67. The van der Waals surface area contributed by atoms with Crippen LogP contribution in [0.1, 0.15) is 104 Å². The number of hydrogen-bond donors (Lipinski definition) is 2. The highest BCUT2D eigenvalue weighted by atomic mass is 79.9. The van der Waals surface area contributed by atoms with Crippen LogP contribution in [0.5, 0.6) is 0 Å². The third-order valence-electron chi connectivity index (χ3n) is 19.0. The quantitative estimate of drug-likeness (QED) is 0.0370. The van der Waals surface area contributed by atoms with Crippen molar-refractivity contribution < 1.29 is 47.1 Å². The van der Waals surface area contributed by atoms with Gasteiger partial charge in [0.25, 0.3) is 16.9 Å². The molecule has 2 aliphatic rings. The summed E-state index contributed by atoms with van der Waals surface area (Å²) in [5.41, 5.74) is 19.8. The molecule has 2 aliphatic heterocycles. The normalized spacial score (nSPS) is 12.3. The van der Waals surface area contributed by atoms with Gasteiger partial charge in [-0.3, -0.25) is 44.7 Å². The van der Waals surface area contributed by atoms with Gasteiger partial charge in [-0.2, -0.15) is 4.39 Å². The van der Waals surface area contributed by atoms with Gasteiger partial charge in [-0.1, -0.05) is 255 Å². The summed E-state index contributed by atoms with van der Waals surface area (Å²) in [6, 6.07) is 75.5. The van der Waals surface area contributed by atoms with E-state index in [0.29, 0.717) is 48.8 Å². The number of anilines is 2. The Bertz CT molecular complexity index is 5510. The number of halogens is 6. The van der Waals surface area contributed by atoms with Crippen LogP contribution in [0.3, 0.4) is 0 Å². The lowest BCUT2D eigenvalue weighted by atomic mass is 9.77. The fourth-order valence-corrected chi connectivity index (χ4v) is 13.6. The predicted octanol–water partition coefficient (Wildman–Crippen LogP) is 22.2. The first-order valence-electron chi connectivity index (χ1n) is 37.7. The minimum Gasteiger partial charge on any atom is -0.399 e. The smallest absolute Gasteiger partial charge is 0.399 e. The third kappa shape index (κ3) is 29.2. The molecule has 3 N–H and O–H groups in total. The van der Waals surface area contributed by atoms with Crippen LogP contribution in [0.4, 0.5) is 32.8 Å². The van der Waals surface area contributed by atoms with Crippen molar-refractivity contribution in [3.63, 3.8) is 0 Å². The first-order chi connectivity index (χ1) is 57.3. The zero-order valence-electron chi connectivity index (χ0n) is 67.3. The average molecular weight is 1960 g/mol. The Morgan fingerprint density at radius 1 is 0.545 bits per heavy atom. The van der Waals surface area contributed by atoms with E-state index < -0.39 is 16.4 Å². The van der Waals surface area contributed by atoms with Crippen molar-refractivity contribution in [2.24, 2.45) is 5.73 Å². The number of Topliss-reactive ketones (excluding diaryl/α,β-unsaturated/α-hetero) is 1. The number of aromatic nitrogens is 4. The van der Waals surface area contributed by atoms with Crippen molar-refractivity contribution in [1.82, 2.24) is 19.9 Å². The van der Waals surface area contributed by atoms with Crippen LogP contribution >= 0.6 is 79.6 Å². The molecule has 1 fully saturated rings. The van der Waals surface area contributed by atoms with Crippen LogP contribution in [0.25, 0.3) is 22.2 Å². The molecule has 5 heterocycles. The fraction of sp³-hybridized carbons (Fsp3) is 0.231. The summed E-state index contributed by atoms with van der Waals surface area (Å²) in [4.78, 5) is 71.0. The molecule has 3 aromatic heterocycles. The molecule has 0 atom stereocenters. The number of aryl methyl sites for hydroxylation is 8. The highest BCUT2D eigenvalue weighted by molar-refractivity contribution is 9.11. The standard InChI is InChI=1S/C20H17N3O2.C15H13BrN2O.2C14H12BrNO2.C11H18BNO3.C7H9N.C6H3BrFNO2.C3H5BrO.CH4/c1-13-20(14(2)25-22-13)16-8-9-17-18(10-16)23(19(24)11-21-17)12-15-6-4-3-5-7-15;16-12-6-7-13-14(8-12)18(15(19)9-17-13)10-11-4-2-1-3-5-11;2*15-13-8-9-14(16(17)18)12(10-13)7-6-11-4-2-1-3-5-11;1-7-9(8(2)14-13-7)12-15-10(3,4)11(5,6)16-12;8-6-7-4-2-1-3-5-7;7-4-1-2-6(9(10)11)5(8)3-4;1-3(5)2-4;/h3-11H,12H2,1-2H3;1-8,17H,9-10H2;2*1-5,8-10H,6-7H2;1-6H3;1-5H,6,8H2;1-3H;2H2,1H3;1H4. The van der Waals surface area contributed by atoms with E-state index in [-0.39, 0.29) is 64.2 Å². The molecular weight excluding hydrogens is 1870 g/mol. The summed E-state index contributed by atoms with van der Waals surface area (Å²) in [5, 5.41) is 43.5. The van der Waals surface area contributed by atoms with Crippen LogP contribution in [-0.2, 0) is 64.2 Å². The SMILES string of the molecule is C.CC(=O)CBr.Cc1noc(C)c1-c1ccc2ncc(=O)n(Cc3ccccc3)c2c1.Cc1noc(C)c1B1OC(C)(C)C(C)(C)O1.NCc1ccccc1.O=C1CNc2ccc(Br)cc2N1Cc1ccccc1.O=[N+]([O-])c1ccc(Br)cc1CCc1ccccc1.O=[N+]([O-])c1ccc(Br)cc1CCc1ccccc1.O=[N+]([O-])c1ccc(Br)cc1F. The van der Waals surface area contributed by atoms with Gasteiger partial charge in [-0.15, -0.1) is 0 Å². The van der Waals surface area contributed by atoms with Gasteiger partial charge >= 0.3 is 12.8 Å². The molecule has 10 aromatic carbocycles. The summed E-state index contributed by atoms with van der Waals surface area (Å²) in [6.07, 6.45) is 4.32. The van der Waals surface area contributed by atoms with Gasteiger partial charge in [0.05, 0.1) is 90.9 Å². The van der Waals surface area contributed by atoms with Crippen molar-refractivity contribution in [2.45, 2.75) is 126 Å². The Hall–Kier alpha value is -10.8. The van der Waals surface area contributed by atoms with Gasteiger partial charge in [0.15, 0.2) is 0 Å². The highest BCUT2D eigenvalue weighted by Crippen LogP contribution is 2.38. The number of nitro groups is 3.